The first-order valence-corrected chi connectivity index (χ1v) is 7.86. The molecule has 5 unspecified atom stereocenters. The second-order valence-corrected chi connectivity index (χ2v) is 6.75. The van der Waals surface area contributed by atoms with Gasteiger partial charge in [-0.05, 0) is 55.7 Å². The van der Waals surface area contributed by atoms with E-state index in [1.807, 2.05) is 6.92 Å². The summed E-state index contributed by atoms with van der Waals surface area (Å²) in [5, 5.41) is 3.07. The molecule has 0 aromatic heterocycles. The third-order valence-corrected chi connectivity index (χ3v) is 5.38. The molecule has 2 aliphatic rings. The van der Waals surface area contributed by atoms with Crippen LogP contribution in [0.15, 0.2) is 18.2 Å². The Morgan fingerprint density at radius 1 is 1.41 bits per heavy atom. The van der Waals surface area contributed by atoms with Crippen molar-refractivity contribution < 1.29 is 9.18 Å². The maximum Gasteiger partial charge on any atom is 0.225 e. The molecule has 1 aromatic rings. The molecular weight excluding hydrogens is 326 g/mol. The minimum atomic E-state index is -0.450. The number of carbonyl (C=O) groups excluding carboxylic acids is 1. The highest BCUT2D eigenvalue weighted by Crippen LogP contribution is 2.47. The smallest absolute Gasteiger partial charge is 0.225 e. The van der Waals surface area contributed by atoms with Gasteiger partial charge in [0.25, 0.3) is 0 Å². The number of nitrogens with one attached hydrogen (secondary N) is 1. The predicted octanol–water partition coefficient (Wildman–Crippen LogP) is 3.45. The third-order valence-electron chi connectivity index (χ3n) is 5.09. The summed E-state index contributed by atoms with van der Waals surface area (Å²) in [7, 11) is 0. The van der Waals surface area contributed by atoms with E-state index in [2.05, 4.69) is 5.32 Å². The zero-order chi connectivity index (χ0) is 15.1. The van der Waals surface area contributed by atoms with E-state index in [1.54, 1.807) is 12.1 Å². The molecule has 0 aliphatic heterocycles. The lowest BCUT2D eigenvalue weighted by atomic mass is 9.84. The van der Waals surface area contributed by atoms with Crippen LogP contribution in [0.25, 0.3) is 0 Å². The first-order chi connectivity index (χ1) is 9.97. The van der Waals surface area contributed by atoms with Crippen molar-refractivity contribution in [3.63, 3.8) is 0 Å². The molecule has 3 N–H and O–H groups in total. The predicted molar refractivity (Wildman–Crippen MR) is 87.5 cm³/mol. The first-order valence-electron chi connectivity index (χ1n) is 7.48. The second-order valence-electron chi connectivity index (χ2n) is 6.34. The quantitative estimate of drug-likeness (QED) is 0.880. The van der Waals surface area contributed by atoms with E-state index in [9.17, 15) is 9.18 Å². The molecule has 3 rings (SSSR count). The van der Waals surface area contributed by atoms with Crippen LogP contribution >= 0.6 is 24.0 Å². The number of fused-ring (bicyclic) bond motifs is 2. The normalized spacial score (nSPS) is 30.7. The molecular formula is C16H21Cl2FN2O. The fourth-order valence-corrected chi connectivity index (χ4v) is 4.09. The molecule has 1 amide bonds. The minimum Gasteiger partial charge on any atom is -0.349 e. The van der Waals surface area contributed by atoms with E-state index in [4.69, 9.17) is 17.3 Å². The maximum absolute atomic E-state index is 13.2. The highest BCUT2D eigenvalue weighted by Gasteiger charge is 2.49. The monoisotopic (exact) mass is 346 g/mol. The number of hydrogen-bond acceptors (Lipinski definition) is 2. The SMILES string of the molecule is CC(NC(=O)C1C2CCC(C2)C1N)c1ccc(F)c(Cl)c1.Cl. The van der Waals surface area contributed by atoms with Crippen LogP contribution in [-0.2, 0) is 4.79 Å². The average molecular weight is 347 g/mol. The lowest BCUT2D eigenvalue weighted by molar-refractivity contribution is -0.127. The molecule has 0 radical (unpaired) electrons. The van der Waals surface area contributed by atoms with Crippen molar-refractivity contribution in [2.45, 2.75) is 38.3 Å². The van der Waals surface area contributed by atoms with E-state index in [-0.39, 0.29) is 41.3 Å². The summed E-state index contributed by atoms with van der Waals surface area (Å²) in [5.74, 6) is 0.411. The zero-order valence-electron chi connectivity index (χ0n) is 12.4. The number of halogens is 3. The molecule has 122 valence electrons. The summed E-state index contributed by atoms with van der Waals surface area (Å²) in [6.07, 6.45) is 3.34. The van der Waals surface area contributed by atoms with Crippen LogP contribution in [0.3, 0.4) is 0 Å². The van der Waals surface area contributed by atoms with Crippen molar-refractivity contribution in [3.8, 4) is 0 Å². The first kappa shape index (κ1) is 17.5. The van der Waals surface area contributed by atoms with Gasteiger partial charge in [-0.1, -0.05) is 17.7 Å². The van der Waals surface area contributed by atoms with Crippen molar-refractivity contribution in [2.24, 2.45) is 23.5 Å². The molecule has 2 fully saturated rings. The Bertz CT molecular complexity index is 567. The fourth-order valence-electron chi connectivity index (χ4n) is 3.90. The highest BCUT2D eigenvalue weighted by molar-refractivity contribution is 6.30. The van der Waals surface area contributed by atoms with Crippen LogP contribution in [0.4, 0.5) is 4.39 Å². The van der Waals surface area contributed by atoms with Gasteiger partial charge in [0.15, 0.2) is 0 Å². The van der Waals surface area contributed by atoms with Gasteiger partial charge in [-0.3, -0.25) is 4.79 Å². The molecule has 0 saturated heterocycles. The van der Waals surface area contributed by atoms with Gasteiger partial charge >= 0.3 is 0 Å². The average Bonchev–Trinajstić information content (AvgIpc) is 3.02. The van der Waals surface area contributed by atoms with Gasteiger partial charge in [-0.25, -0.2) is 4.39 Å². The Labute approximate surface area is 141 Å². The number of nitrogens with two attached hydrogens (primary N) is 1. The van der Waals surface area contributed by atoms with Crippen LogP contribution < -0.4 is 11.1 Å². The Hall–Kier alpha value is -0.840. The van der Waals surface area contributed by atoms with Gasteiger partial charge in [0.05, 0.1) is 17.0 Å². The summed E-state index contributed by atoms with van der Waals surface area (Å²) in [5.41, 5.74) is 6.99. The van der Waals surface area contributed by atoms with Crippen molar-refractivity contribution in [1.82, 2.24) is 5.32 Å². The number of rotatable bonds is 3. The second kappa shape index (κ2) is 6.73. The van der Waals surface area contributed by atoms with Crippen LogP contribution in [0.1, 0.15) is 37.8 Å². The Morgan fingerprint density at radius 3 is 2.68 bits per heavy atom. The molecule has 0 heterocycles. The Kier molecular flexibility index (Phi) is 5.36. The molecule has 2 saturated carbocycles. The molecule has 2 aliphatic carbocycles. The van der Waals surface area contributed by atoms with Crippen LogP contribution in [-0.4, -0.2) is 11.9 Å². The summed E-state index contributed by atoms with van der Waals surface area (Å²) in [6.45, 7) is 1.88. The van der Waals surface area contributed by atoms with Crippen LogP contribution in [0.5, 0.6) is 0 Å². The zero-order valence-corrected chi connectivity index (χ0v) is 14.0. The molecule has 2 bridgehead atoms. The molecule has 3 nitrogen and oxygen atoms in total. The Morgan fingerprint density at radius 2 is 2.09 bits per heavy atom. The fraction of sp³-hybridized carbons (Fsp3) is 0.562. The number of benzene rings is 1. The maximum atomic E-state index is 13.2. The van der Waals surface area contributed by atoms with Crippen LogP contribution in [0, 0.1) is 23.6 Å². The molecule has 1 aromatic carbocycles. The number of amides is 1. The van der Waals surface area contributed by atoms with Gasteiger partial charge < -0.3 is 11.1 Å². The summed E-state index contributed by atoms with van der Waals surface area (Å²) in [4.78, 5) is 12.5. The number of hydrogen-bond donors (Lipinski definition) is 2. The largest absolute Gasteiger partial charge is 0.349 e. The van der Waals surface area contributed by atoms with Gasteiger partial charge in [-0.15, -0.1) is 12.4 Å². The third kappa shape index (κ3) is 3.10. The lowest BCUT2D eigenvalue weighted by Crippen LogP contribution is -2.45. The van der Waals surface area contributed by atoms with Crippen molar-refractivity contribution in [2.75, 3.05) is 0 Å². The summed E-state index contributed by atoms with van der Waals surface area (Å²) in [6, 6.07) is 4.30. The lowest BCUT2D eigenvalue weighted by Gasteiger charge is -2.28. The van der Waals surface area contributed by atoms with Crippen molar-refractivity contribution in [3.05, 3.63) is 34.6 Å². The summed E-state index contributed by atoms with van der Waals surface area (Å²) < 4.78 is 13.2. The molecule has 22 heavy (non-hydrogen) atoms. The number of carbonyl (C=O) groups is 1. The molecule has 5 atom stereocenters. The standard InChI is InChI=1S/C16H20ClFN2O.ClH/c1-8(9-4-5-13(18)12(17)7-9)20-16(21)14-10-2-3-11(6-10)15(14)19;/h4-5,7-8,10-11,14-15H,2-3,6,19H2,1H3,(H,20,21);1H. The highest BCUT2D eigenvalue weighted by atomic mass is 35.5. The van der Waals surface area contributed by atoms with E-state index in [1.165, 1.54) is 6.07 Å². The Balaban J connectivity index is 0.00000176. The topological polar surface area (TPSA) is 55.1 Å². The molecule has 6 heteroatoms. The van der Waals surface area contributed by atoms with Crippen molar-refractivity contribution in [1.29, 1.82) is 0 Å². The van der Waals surface area contributed by atoms with Gasteiger partial charge in [0.1, 0.15) is 5.82 Å². The van der Waals surface area contributed by atoms with E-state index >= 15 is 0 Å². The van der Waals surface area contributed by atoms with Gasteiger partial charge in [0.2, 0.25) is 5.91 Å². The van der Waals surface area contributed by atoms with E-state index < -0.39 is 5.82 Å². The van der Waals surface area contributed by atoms with Gasteiger partial charge in [0, 0.05) is 6.04 Å². The minimum absolute atomic E-state index is 0. The van der Waals surface area contributed by atoms with Crippen LogP contribution in [0.2, 0.25) is 5.02 Å². The van der Waals surface area contributed by atoms with Crippen molar-refractivity contribution >= 4 is 29.9 Å². The molecule has 0 spiro atoms. The summed E-state index contributed by atoms with van der Waals surface area (Å²) >= 11 is 5.79. The van der Waals surface area contributed by atoms with Gasteiger partial charge in [-0.2, -0.15) is 0 Å². The van der Waals surface area contributed by atoms with E-state index in [0.29, 0.717) is 11.8 Å². The van der Waals surface area contributed by atoms with E-state index in [0.717, 1.165) is 24.8 Å².